The molecule has 0 aliphatic heterocycles. The van der Waals surface area contributed by atoms with Crippen molar-refractivity contribution in [1.82, 2.24) is 10.6 Å². The Hall–Kier alpha value is -0.830. The SMILES string of the molecule is C/C=C(\CCC(C)=N)NCCNCCC. The van der Waals surface area contributed by atoms with E-state index >= 15 is 0 Å². The van der Waals surface area contributed by atoms with Crippen LogP contribution in [0.5, 0.6) is 0 Å². The van der Waals surface area contributed by atoms with Crippen molar-refractivity contribution in [3.8, 4) is 0 Å². The molecule has 0 amide bonds. The average Bonchev–Trinajstić information content (AvgIpc) is 2.22. The maximum Gasteiger partial charge on any atom is 0.0269 e. The van der Waals surface area contributed by atoms with Crippen molar-refractivity contribution >= 4 is 5.71 Å². The molecular formula is C12H25N3. The second-order valence-corrected chi connectivity index (χ2v) is 3.77. The van der Waals surface area contributed by atoms with Gasteiger partial charge in [0, 0.05) is 24.5 Å². The van der Waals surface area contributed by atoms with Gasteiger partial charge in [0.05, 0.1) is 0 Å². The standard InChI is InChI=1S/C12H25N3/c1-4-8-14-9-10-15-12(5-2)7-6-11(3)13/h5,13-15H,4,6-10H2,1-3H3/b12-5+,13-11?. The molecule has 0 spiro atoms. The summed E-state index contributed by atoms with van der Waals surface area (Å²) in [6.45, 7) is 9.14. The summed E-state index contributed by atoms with van der Waals surface area (Å²) < 4.78 is 0. The number of rotatable bonds is 9. The molecule has 0 aliphatic rings. The Bertz CT molecular complexity index is 197. The lowest BCUT2D eigenvalue weighted by Crippen LogP contribution is -2.27. The van der Waals surface area contributed by atoms with Crippen LogP contribution in [0.2, 0.25) is 0 Å². The van der Waals surface area contributed by atoms with Gasteiger partial charge in [-0.2, -0.15) is 0 Å². The largest absolute Gasteiger partial charge is 0.387 e. The van der Waals surface area contributed by atoms with Crippen molar-refractivity contribution in [2.75, 3.05) is 19.6 Å². The Kier molecular flexibility index (Phi) is 9.18. The summed E-state index contributed by atoms with van der Waals surface area (Å²) in [6.07, 6.45) is 5.10. The minimum Gasteiger partial charge on any atom is -0.387 e. The highest BCUT2D eigenvalue weighted by molar-refractivity contribution is 5.78. The van der Waals surface area contributed by atoms with E-state index in [9.17, 15) is 0 Å². The second kappa shape index (κ2) is 9.71. The molecule has 0 fully saturated rings. The third kappa shape index (κ3) is 9.47. The molecule has 0 aromatic carbocycles. The molecule has 3 nitrogen and oxygen atoms in total. The van der Waals surface area contributed by atoms with Crippen LogP contribution < -0.4 is 10.6 Å². The Morgan fingerprint density at radius 3 is 2.47 bits per heavy atom. The topological polar surface area (TPSA) is 47.9 Å². The third-order valence-electron chi connectivity index (χ3n) is 2.20. The number of hydrogen-bond donors (Lipinski definition) is 3. The molecule has 15 heavy (non-hydrogen) atoms. The predicted molar refractivity (Wildman–Crippen MR) is 67.6 cm³/mol. The first-order valence-corrected chi connectivity index (χ1v) is 5.84. The highest BCUT2D eigenvalue weighted by Crippen LogP contribution is 2.01. The zero-order chi connectivity index (χ0) is 11.5. The smallest absolute Gasteiger partial charge is 0.0269 e. The monoisotopic (exact) mass is 211 g/mol. The maximum atomic E-state index is 7.36. The van der Waals surface area contributed by atoms with E-state index in [1.807, 2.05) is 13.8 Å². The van der Waals surface area contributed by atoms with E-state index in [1.54, 1.807) is 0 Å². The number of nitrogens with one attached hydrogen (secondary N) is 3. The van der Waals surface area contributed by atoms with E-state index in [4.69, 9.17) is 5.41 Å². The van der Waals surface area contributed by atoms with E-state index in [-0.39, 0.29) is 0 Å². The molecule has 0 unspecified atom stereocenters. The average molecular weight is 211 g/mol. The zero-order valence-corrected chi connectivity index (χ0v) is 10.3. The Balaban J connectivity index is 3.50. The van der Waals surface area contributed by atoms with Crippen molar-refractivity contribution in [1.29, 1.82) is 5.41 Å². The normalized spacial score (nSPS) is 11.5. The zero-order valence-electron chi connectivity index (χ0n) is 10.3. The van der Waals surface area contributed by atoms with Gasteiger partial charge in [0.1, 0.15) is 0 Å². The maximum absolute atomic E-state index is 7.36. The number of allylic oxidation sites excluding steroid dienone is 2. The van der Waals surface area contributed by atoms with Crippen LogP contribution in [0.3, 0.4) is 0 Å². The van der Waals surface area contributed by atoms with E-state index in [0.717, 1.165) is 38.2 Å². The summed E-state index contributed by atoms with van der Waals surface area (Å²) in [5, 5.41) is 14.1. The lowest BCUT2D eigenvalue weighted by molar-refractivity contribution is 0.633. The van der Waals surface area contributed by atoms with Crippen LogP contribution in [0.4, 0.5) is 0 Å². The highest BCUT2D eigenvalue weighted by Gasteiger charge is 1.96. The highest BCUT2D eigenvalue weighted by atomic mass is 14.9. The van der Waals surface area contributed by atoms with Crippen LogP contribution in [-0.2, 0) is 0 Å². The molecule has 0 aromatic heterocycles. The molecule has 0 atom stereocenters. The molecule has 0 rings (SSSR count). The molecule has 88 valence electrons. The van der Waals surface area contributed by atoms with Crippen molar-refractivity contribution in [3.05, 3.63) is 11.8 Å². The van der Waals surface area contributed by atoms with Gasteiger partial charge < -0.3 is 16.0 Å². The minimum atomic E-state index is 0.750. The van der Waals surface area contributed by atoms with Crippen molar-refractivity contribution in [3.63, 3.8) is 0 Å². The molecule has 0 radical (unpaired) electrons. The molecule has 3 heteroatoms. The van der Waals surface area contributed by atoms with Crippen LogP contribution in [0.1, 0.15) is 40.0 Å². The third-order valence-corrected chi connectivity index (χ3v) is 2.20. The number of hydrogen-bond acceptors (Lipinski definition) is 3. The first-order valence-electron chi connectivity index (χ1n) is 5.84. The minimum absolute atomic E-state index is 0.750. The fourth-order valence-corrected chi connectivity index (χ4v) is 1.27. The predicted octanol–water partition coefficient (Wildman–Crippen LogP) is 2.30. The van der Waals surface area contributed by atoms with Gasteiger partial charge in [0.25, 0.3) is 0 Å². The summed E-state index contributed by atoms with van der Waals surface area (Å²) in [5.41, 5.74) is 2.00. The molecule has 0 saturated heterocycles. The summed E-state index contributed by atoms with van der Waals surface area (Å²) in [5.74, 6) is 0. The Morgan fingerprint density at radius 2 is 1.93 bits per heavy atom. The van der Waals surface area contributed by atoms with E-state index < -0.39 is 0 Å². The fraction of sp³-hybridized carbons (Fsp3) is 0.750. The van der Waals surface area contributed by atoms with Crippen LogP contribution >= 0.6 is 0 Å². The molecular weight excluding hydrogens is 186 g/mol. The van der Waals surface area contributed by atoms with Gasteiger partial charge in [-0.25, -0.2) is 0 Å². The van der Waals surface area contributed by atoms with Crippen LogP contribution in [-0.4, -0.2) is 25.3 Å². The van der Waals surface area contributed by atoms with Crippen LogP contribution in [0, 0.1) is 5.41 Å². The Morgan fingerprint density at radius 1 is 1.20 bits per heavy atom. The molecule has 0 aromatic rings. The molecule has 0 saturated carbocycles. The second-order valence-electron chi connectivity index (χ2n) is 3.77. The first-order chi connectivity index (χ1) is 7.20. The quantitative estimate of drug-likeness (QED) is 0.405. The van der Waals surface area contributed by atoms with E-state index in [1.165, 1.54) is 12.1 Å². The summed E-state index contributed by atoms with van der Waals surface area (Å²) in [7, 11) is 0. The first kappa shape index (κ1) is 14.2. The lowest BCUT2D eigenvalue weighted by Gasteiger charge is -2.10. The van der Waals surface area contributed by atoms with Gasteiger partial charge >= 0.3 is 0 Å². The van der Waals surface area contributed by atoms with E-state index in [2.05, 4.69) is 23.6 Å². The summed E-state index contributed by atoms with van der Waals surface area (Å²) in [4.78, 5) is 0. The molecule has 0 heterocycles. The van der Waals surface area contributed by atoms with Crippen molar-refractivity contribution in [2.45, 2.75) is 40.0 Å². The van der Waals surface area contributed by atoms with Gasteiger partial charge in [-0.3, -0.25) is 0 Å². The van der Waals surface area contributed by atoms with E-state index in [0.29, 0.717) is 0 Å². The molecule has 3 N–H and O–H groups in total. The fourth-order valence-electron chi connectivity index (χ4n) is 1.27. The Labute approximate surface area is 93.8 Å². The molecule has 0 aliphatic carbocycles. The van der Waals surface area contributed by atoms with Gasteiger partial charge in [-0.15, -0.1) is 0 Å². The lowest BCUT2D eigenvalue weighted by atomic mass is 10.2. The van der Waals surface area contributed by atoms with Crippen LogP contribution in [0.15, 0.2) is 11.8 Å². The van der Waals surface area contributed by atoms with Gasteiger partial charge in [0.15, 0.2) is 0 Å². The van der Waals surface area contributed by atoms with Crippen molar-refractivity contribution < 1.29 is 0 Å². The van der Waals surface area contributed by atoms with Crippen LogP contribution in [0.25, 0.3) is 0 Å². The van der Waals surface area contributed by atoms with Gasteiger partial charge in [0.2, 0.25) is 0 Å². The van der Waals surface area contributed by atoms with Gasteiger partial charge in [-0.05, 0) is 39.7 Å². The van der Waals surface area contributed by atoms with Gasteiger partial charge in [-0.1, -0.05) is 13.0 Å². The summed E-state index contributed by atoms with van der Waals surface area (Å²) >= 11 is 0. The van der Waals surface area contributed by atoms with Crippen molar-refractivity contribution in [2.24, 2.45) is 0 Å². The molecule has 0 bridgehead atoms. The summed E-state index contributed by atoms with van der Waals surface area (Å²) in [6, 6.07) is 0.